The van der Waals surface area contributed by atoms with Crippen LogP contribution in [-0.2, 0) is 28.4 Å². The molecule has 0 bridgehead atoms. The molecule has 3 amide bonds. The summed E-state index contributed by atoms with van der Waals surface area (Å²) in [5, 5.41) is 17.1. The number of ether oxygens (including phenoxy) is 3. The molecule has 8 atom stereocenters. The molecule has 5 heterocycles. The third-order valence-corrected chi connectivity index (χ3v) is 16.1. The number of hydrogen-bond acceptors (Lipinski definition) is 11. The van der Waals surface area contributed by atoms with Crippen LogP contribution in [0.3, 0.4) is 0 Å². The Morgan fingerprint density at radius 3 is 2.54 bits per heavy atom. The molecule has 2 aromatic rings. The minimum atomic E-state index is -1.48. The van der Waals surface area contributed by atoms with Crippen molar-refractivity contribution in [1.29, 1.82) is 0 Å². The summed E-state index contributed by atoms with van der Waals surface area (Å²) < 4.78 is 31.9. The van der Waals surface area contributed by atoms with Crippen molar-refractivity contribution in [3.63, 3.8) is 0 Å². The minimum Gasteiger partial charge on any atom is -0.490 e. The smallest absolute Gasteiger partial charge is 0.486 e. The lowest BCUT2D eigenvalue weighted by atomic mass is 9.89. The Hall–Kier alpha value is -4.19. The summed E-state index contributed by atoms with van der Waals surface area (Å²) in [4.78, 5) is 65.0. The fourth-order valence-electron chi connectivity index (χ4n) is 10.4. The van der Waals surface area contributed by atoms with Crippen LogP contribution in [-0.4, -0.2) is 125 Å². The second kappa shape index (κ2) is 21.4. The zero-order valence-corrected chi connectivity index (χ0v) is 42.1. The lowest BCUT2D eigenvalue weighted by Gasteiger charge is -2.32. The number of alkyl carbamates (subject to hydrolysis) is 1. The average molecular weight is 1000 g/mol. The maximum absolute atomic E-state index is 15.0. The number of carboxylic acid groups (broad SMARTS) is 1. The molecule has 2 aliphatic carbocycles. The first-order valence-electron chi connectivity index (χ1n) is 25.2. The molecule has 0 spiro atoms. The summed E-state index contributed by atoms with van der Waals surface area (Å²) in [7, 11) is -0.381. The van der Waals surface area contributed by atoms with Crippen LogP contribution >= 0.6 is 15.9 Å². The van der Waals surface area contributed by atoms with Gasteiger partial charge >= 0.3 is 19.2 Å². The predicted octanol–water partition coefficient (Wildman–Crippen LogP) is 8.17. The van der Waals surface area contributed by atoms with Crippen molar-refractivity contribution in [2.45, 2.75) is 166 Å². The lowest BCUT2D eigenvalue weighted by Crippen LogP contribution is -2.57. The number of hydrogen-bond donors (Lipinski definition) is 3. The fourth-order valence-corrected chi connectivity index (χ4v) is 10.9. The van der Waals surface area contributed by atoms with Gasteiger partial charge in [0.1, 0.15) is 46.7 Å². The van der Waals surface area contributed by atoms with E-state index in [-0.39, 0.29) is 55.1 Å². The predicted molar refractivity (Wildman–Crippen MR) is 262 cm³/mol. The molecule has 3 N–H and O–H groups in total. The number of piperidine rings is 1. The highest BCUT2D eigenvalue weighted by Gasteiger charge is 2.62. The summed E-state index contributed by atoms with van der Waals surface area (Å²) in [6.45, 7) is 13.4. The quantitative estimate of drug-likeness (QED) is 0.0888. The molecular weight excluding hydrogens is 933 g/mol. The largest absolute Gasteiger partial charge is 0.490 e. The van der Waals surface area contributed by atoms with E-state index >= 15 is 4.79 Å². The van der Waals surface area contributed by atoms with Crippen molar-refractivity contribution in [3.05, 3.63) is 52.9 Å². The molecule has 6 aliphatic rings. The standard InChI is InChI=1S/C51H71BBrN5O10/c1-6-35-40(65-45-41(53)43(36-22-15-16-23-37(36)54-45)64-29-28-57-26-18-11-19-27-57)32-58-42(35)44(59)56-51(47(61)62)31-34(51)21-13-8-7-9-14-24-38(46(58)60)55-48(63)66-39-30-33(39)20-12-10-17-25-52-67-49(2,3)50(4,5)68-52/h13,15-17,21-23,25,33-35,38-40,42H,6-12,14,18-20,24,26-32H2,1-5H3,(H,55,63)(H,56,59)(H,61,62)/t33-,34-,35?,38+,39-,40+,42+,51-/m1/s1. The van der Waals surface area contributed by atoms with Crippen LogP contribution in [0.1, 0.15) is 125 Å². The number of nitrogens with one attached hydrogen (secondary N) is 2. The topological polar surface area (TPSA) is 178 Å². The van der Waals surface area contributed by atoms with Gasteiger partial charge in [-0.2, -0.15) is 0 Å². The molecule has 17 heteroatoms. The van der Waals surface area contributed by atoms with Crippen molar-refractivity contribution in [2.24, 2.45) is 17.8 Å². The number of aromatic nitrogens is 1. The van der Waals surface area contributed by atoms with Gasteiger partial charge in [-0.15, -0.1) is 0 Å². The number of halogens is 1. The van der Waals surface area contributed by atoms with Gasteiger partial charge in [0, 0.05) is 23.8 Å². The number of unbranched alkanes of at least 4 members (excludes halogenated alkanes) is 1. The molecule has 5 fully saturated rings. The maximum Gasteiger partial charge on any atom is 0.486 e. The van der Waals surface area contributed by atoms with Gasteiger partial charge in [0.05, 0.1) is 23.3 Å². The first kappa shape index (κ1) is 50.2. The molecule has 68 heavy (non-hydrogen) atoms. The third kappa shape index (κ3) is 11.4. The molecule has 4 aliphatic heterocycles. The molecule has 2 saturated carbocycles. The van der Waals surface area contributed by atoms with Crippen molar-refractivity contribution in [3.8, 4) is 11.6 Å². The maximum atomic E-state index is 15.0. The van der Waals surface area contributed by atoms with Crippen LogP contribution in [0, 0.1) is 17.8 Å². The van der Waals surface area contributed by atoms with E-state index in [1.165, 1.54) is 24.2 Å². The number of likely N-dealkylation sites (tertiary alicyclic amines) is 1. The number of pyridine rings is 1. The SMILES string of the molecule is CCC1[C@@H](Oc2nc3ccccc3c(OCCN3CCCCC3)c2Br)CN2C(=O)[C@@H](NC(=O)O[C@@H]3C[C@H]3CCCC=CB3OC(C)(C)C(C)(C)O3)CCCCCC=C[C@@H]3C[C@@]3(C(=O)O)NC(=O)[C@H]12. The Balaban J connectivity index is 0.974. The van der Waals surface area contributed by atoms with Crippen molar-refractivity contribution < 1.29 is 47.8 Å². The van der Waals surface area contributed by atoms with Crippen LogP contribution in [0.4, 0.5) is 4.79 Å². The van der Waals surface area contributed by atoms with E-state index in [1.807, 2.05) is 77.0 Å². The molecule has 1 aromatic carbocycles. The van der Waals surface area contributed by atoms with Gasteiger partial charge in [0.2, 0.25) is 17.7 Å². The lowest BCUT2D eigenvalue weighted by molar-refractivity contribution is -0.146. The number of benzene rings is 1. The van der Waals surface area contributed by atoms with Gasteiger partial charge < -0.3 is 44.2 Å². The number of fused-ring (bicyclic) bond motifs is 3. The highest BCUT2D eigenvalue weighted by Crippen LogP contribution is 2.47. The van der Waals surface area contributed by atoms with Crippen LogP contribution in [0.25, 0.3) is 10.9 Å². The first-order chi connectivity index (χ1) is 32.6. The summed E-state index contributed by atoms with van der Waals surface area (Å²) in [5.74, 6) is 0.0238. The first-order valence-corrected chi connectivity index (χ1v) is 26.0. The summed E-state index contributed by atoms with van der Waals surface area (Å²) in [5.41, 5.74) is -1.59. The highest BCUT2D eigenvalue weighted by atomic mass is 79.9. The van der Waals surface area contributed by atoms with Crippen LogP contribution < -0.4 is 20.1 Å². The van der Waals surface area contributed by atoms with Gasteiger partial charge in [0.25, 0.3) is 0 Å². The monoisotopic (exact) mass is 1000 g/mol. The zero-order chi connectivity index (χ0) is 48.2. The number of para-hydroxylation sites is 1. The van der Waals surface area contributed by atoms with E-state index in [1.54, 1.807) is 0 Å². The Morgan fingerprint density at radius 2 is 1.79 bits per heavy atom. The Labute approximate surface area is 410 Å². The minimum absolute atomic E-state index is 0.00577. The molecule has 1 unspecified atom stereocenters. The Kier molecular flexibility index (Phi) is 15.8. The number of carbonyl (C=O) groups excluding carboxylic acids is 3. The fraction of sp³-hybridized carbons (Fsp3) is 0.667. The molecule has 3 saturated heterocycles. The van der Waals surface area contributed by atoms with Gasteiger partial charge in [-0.05, 0) is 145 Å². The molecule has 15 nitrogen and oxygen atoms in total. The highest BCUT2D eigenvalue weighted by molar-refractivity contribution is 9.10. The molecular formula is C51H71BBrN5O10. The molecule has 1 aromatic heterocycles. The number of amides is 3. The van der Waals surface area contributed by atoms with Crippen molar-refractivity contribution in [2.75, 3.05) is 32.8 Å². The Morgan fingerprint density at radius 1 is 1.04 bits per heavy atom. The van der Waals surface area contributed by atoms with Gasteiger partial charge in [0.15, 0.2) is 0 Å². The molecule has 370 valence electrons. The van der Waals surface area contributed by atoms with Crippen molar-refractivity contribution in [1.82, 2.24) is 25.4 Å². The van der Waals surface area contributed by atoms with E-state index in [9.17, 15) is 19.5 Å². The normalized spacial score (nSPS) is 30.5. The van der Waals surface area contributed by atoms with Crippen molar-refractivity contribution >= 4 is 57.8 Å². The van der Waals surface area contributed by atoms with Gasteiger partial charge in [-0.25, -0.2) is 14.6 Å². The van der Waals surface area contributed by atoms with E-state index in [4.69, 9.17) is 28.5 Å². The number of rotatable bonds is 15. The second-order valence-electron chi connectivity index (χ2n) is 20.8. The van der Waals surface area contributed by atoms with Gasteiger partial charge in [-0.1, -0.05) is 62.5 Å². The van der Waals surface area contributed by atoms with E-state index in [2.05, 4.69) is 37.5 Å². The number of carboxylic acids is 1. The number of nitrogens with zero attached hydrogens (tertiary/aromatic N) is 3. The van der Waals surface area contributed by atoms with Crippen LogP contribution in [0.15, 0.2) is 52.9 Å². The summed E-state index contributed by atoms with van der Waals surface area (Å²) in [6, 6.07) is 5.62. The van der Waals surface area contributed by atoms with E-state index in [0.717, 1.165) is 70.0 Å². The zero-order valence-electron chi connectivity index (χ0n) is 40.5. The van der Waals surface area contributed by atoms with E-state index in [0.29, 0.717) is 41.6 Å². The second-order valence-corrected chi connectivity index (χ2v) is 21.5. The summed E-state index contributed by atoms with van der Waals surface area (Å²) >= 11 is 3.77. The average Bonchev–Trinajstić information content (AvgIpc) is 4.16. The number of allylic oxidation sites excluding steroid dienone is 2. The van der Waals surface area contributed by atoms with E-state index < -0.39 is 53.5 Å². The summed E-state index contributed by atoms with van der Waals surface area (Å²) in [6.07, 6.45) is 15.4. The molecule has 8 rings (SSSR count). The number of carbonyl (C=O) groups is 4. The van der Waals surface area contributed by atoms with Crippen LogP contribution in [0.5, 0.6) is 11.6 Å². The molecule has 0 radical (unpaired) electrons. The number of aliphatic carboxylic acids is 1. The van der Waals surface area contributed by atoms with Crippen LogP contribution in [0.2, 0.25) is 0 Å². The Bertz CT molecular complexity index is 2200. The van der Waals surface area contributed by atoms with Gasteiger partial charge in [-0.3, -0.25) is 14.5 Å². The third-order valence-electron chi connectivity index (χ3n) is 15.4.